The van der Waals surface area contributed by atoms with Crippen LogP contribution in [0.2, 0.25) is 5.02 Å². The lowest BCUT2D eigenvalue weighted by Crippen LogP contribution is -1.97. The molecule has 3 nitrogen and oxygen atoms in total. The summed E-state index contributed by atoms with van der Waals surface area (Å²) >= 11 is 6.09. The molecule has 0 N–H and O–H groups in total. The van der Waals surface area contributed by atoms with E-state index >= 15 is 0 Å². The number of aryl methyl sites for hydroxylation is 1. The number of nitriles is 1. The van der Waals surface area contributed by atoms with Gasteiger partial charge in [0.15, 0.2) is 0 Å². The molecule has 1 aromatic heterocycles. The third-order valence-corrected chi connectivity index (χ3v) is 4.01. The molecule has 4 heteroatoms. The third kappa shape index (κ3) is 3.10. The smallest absolute Gasteiger partial charge is 0.232 e. The van der Waals surface area contributed by atoms with Gasteiger partial charge in [-0.2, -0.15) is 5.26 Å². The summed E-state index contributed by atoms with van der Waals surface area (Å²) in [5.74, 6) is 0.311. The number of hydrogen-bond donors (Lipinski definition) is 0. The Bertz CT molecular complexity index is 927. The van der Waals surface area contributed by atoms with Gasteiger partial charge >= 0.3 is 0 Å². The number of methoxy groups -OCH3 is 1. The van der Waals surface area contributed by atoms with Crippen molar-refractivity contribution >= 4 is 11.6 Å². The highest BCUT2D eigenvalue weighted by Crippen LogP contribution is 2.33. The number of halogens is 1. The first-order valence-electron chi connectivity index (χ1n) is 7.44. The van der Waals surface area contributed by atoms with Crippen LogP contribution in [0.1, 0.15) is 11.1 Å². The first kappa shape index (κ1) is 16.0. The minimum atomic E-state index is 0.311. The number of hydrogen-bond acceptors (Lipinski definition) is 3. The molecule has 2 aromatic carbocycles. The normalized spacial score (nSPS) is 10.2. The predicted octanol–water partition coefficient (Wildman–Crippen LogP) is 5.26. The van der Waals surface area contributed by atoms with Crippen molar-refractivity contribution in [1.82, 2.24) is 4.98 Å². The van der Waals surface area contributed by atoms with E-state index in [0.29, 0.717) is 22.2 Å². The van der Waals surface area contributed by atoms with Crippen molar-refractivity contribution in [2.24, 2.45) is 0 Å². The summed E-state index contributed by atoms with van der Waals surface area (Å²) in [5, 5.41) is 10.2. The van der Waals surface area contributed by atoms with Crippen molar-refractivity contribution in [2.75, 3.05) is 7.11 Å². The topological polar surface area (TPSA) is 45.9 Å². The van der Waals surface area contributed by atoms with Crippen LogP contribution < -0.4 is 4.74 Å². The van der Waals surface area contributed by atoms with Crippen LogP contribution in [0.25, 0.3) is 22.4 Å². The van der Waals surface area contributed by atoms with Gasteiger partial charge in [-0.05, 0) is 30.7 Å². The SMILES string of the molecule is COc1nc(-c2cccc(Cl)c2)cc(-c2ccc(C)cc2)c1C#N. The lowest BCUT2D eigenvalue weighted by molar-refractivity contribution is 0.397. The van der Waals surface area contributed by atoms with Crippen LogP contribution in [0.5, 0.6) is 5.88 Å². The standard InChI is InChI=1S/C20H15ClN2O/c1-13-6-8-14(9-7-13)17-11-19(15-4-3-5-16(21)10-15)23-20(24-2)18(17)12-22/h3-11H,1-2H3. The first-order chi connectivity index (χ1) is 11.6. The average molecular weight is 335 g/mol. The molecule has 24 heavy (non-hydrogen) atoms. The molecule has 0 aliphatic heterocycles. The monoisotopic (exact) mass is 334 g/mol. The molecule has 0 radical (unpaired) electrons. The van der Waals surface area contributed by atoms with Gasteiger partial charge in [0.1, 0.15) is 11.6 Å². The lowest BCUT2D eigenvalue weighted by Gasteiger charge is -2.12. The number of ether oxygens (including phenoxy) is 1. The van der Waals surface area contributed by atoms with E-state index in [-0.39, 0.29) is 0 Å². The molecule has 0 amide bonds. The van der Waals surface area contributed by atoms with Gasteiger partial charge < -0.3 is 4.74 Å². The van der Waals surface area contributed by atoms with Crippen molar-refractivity contribution < 1.29 is 4.74 Å². The van der Waals surface area contributed by atoms with Gasteiger partial charge in [-0.25, -0.2) is 4.98 Å². The van der Waals surface area contributed by atoms with E-state index in [2.05, 4.69) is 11.1 Å². The molecular weight excluding hydrogens is 320 g/mol. The molecule has 0 saturated heterocycles. The molecule has 3 aromatic rings. The fraction of sp³-hybridized carbons (Fsp3) is 0.100. The zero-order valence-corrected chi connectivity index (χ0v) is 14.1. The zero-order valence-electron chi connectivity index (χ0n) is 13.4. The minimum Gasteiger partial charge on any atom is -0.480 e. The molecule has 3 rings (SSSR count). The van der Waals surface area contributed by atoms with Crippen molar-refractivity contribution in [3.05, 3.63) is 70.7 Å². The Hall–Kier alpha value is -2.83. The van der Waals surface area contributed by atoms with Crippen LogP contribution in [0.4, 0.5) is 0 Å². The first-order valence-corrected chi connectivity index (χ1v) is 7.82. The molecule has 0 aliphatic rings. The molecular formula is C20H15ClN2O. The lowest BCUT2D eigenvalue weighted by atomic mass is 9.98. The number of rotatable bonds is 3. The minimum absolute atomic E-state index is 0.311. The summed E-state index contributed by atoms with van der Waals surface area (Å²) in [7, 11) is 1.52. The van der Waals surface area contributed by atoms with E-state index in [9.17, 15) is 5.26 Å². The maximum Gasteiger partial charge on any atom is 0.232 e. The Morgan fingerprint density at radius 2 is 1.79 bits per heavy atom. The van der Waals surface area contributed by atoms with E-state index in [1.165, 1.54) is 7.11 Å². The van der Waals surface area contributed by atoms with Crippen LogP contribution in [-0.2, 0) is 0 Å². The molecule has 0 unspecified atom stereocenters. The molecule has 118 valence electrons. The van der Waals surface area contributed by atoms with E-state index < -0.39 is 0 Å². The molecule has 0 spiro atoms. The Labute approximate surface area is 146 Å². The van der Waals surface area contributed by atoms with Crippen LogP contribution in [0.15, 0.2) is 54.6 Å². The van der Waals surface area contributed by atoms with E-state index in [1.54, 1.807) is 0 Å². The molecule has 0 fully saturated rings. The van der Waals surface area contributed by atoms with Crippen LogP contribution in [0, 0.1) is 18.3 Å². The average Bonchev–Trinajstić information content (AvgIpc) is 2.61. The van der Waals surface area contributed by atoms with Crippen molar-refractivity contribution in [3.8, 4) is 34.3 Å². The van der Waals surface area contributed by atoms with Gasteiger partial charge in [-0.3, -0.25) is 0 Å². The summed E-state index contributed by atoms with van der Waals surface area (Å²) in [5.41, 5.74) is 4.91. The Morgan fingerprint density at radius 1 is 1.04 bits per heavy atom. The largest absolute Gasteiger partial charge is 0.480 e. The number of pyridine rings is 1. The quantitative estimate of drug-likeness (QED) is 0.656. The second-order valence-corrected chi connectivity index (χ2v) is 5.86. The fourth-order valence-corrected chi connectivity index (χ4v) is 2.72. The van der Waals surface area contributed by atoms with E-state index in [1.807, 2.05) is 61.5 Å². The highest BCUT2D eigenvalue weighted by atomic mass is 35.5. The van der Waals surface area contributed by atoms with Crippen LogP contribution in [-0.4, -0.2) is 12.1 Å². The van der Waals surface area contributed by atoms with Crippen molar-refractivity contribution in [3.63, 3.8) is 0 Å². The fourth-order valence-electron chi connectivity index (χ4n) is 2.53. The molecule has 0 aliphatic carbocycles. The van der Waals surface area contributed by atoms with Gasteiger partial charge in [-0.1, -0.05) is 53.6 Å². The number of benzene rings is 2. The van der Waals surface area contributed by atoms with Crippen molar-refractivity contribution in [1.29, 1.82) is 5.26 Å². The number of nitrogens with zero attached hydrogens (tertiary/aromatic N) is 2. The molecule has 1 heterocycles. The van der Waals surface area contributed by atoms with Gasteiger partial charge in [0, 0.05) is 16.1 Å². The summed E-state index contributed by atoms with van der Waals surface area (Å²) in [6, 6.07) is 19.6. The van der Waals surface area contributed by atoms with Gasteiger partial charge in [0.05, 0.1) is 12.8 Å². The summed E-state index contributed by atoms with van der Waals surface area (Å²) in [6.07, 6.45) is 0. The van der Waals surface area contributed by atoms with Gasteiger partial charge in [0.25, 0.3) is 0 Å². The second kappa shape index (κ2) is 6.74. The maximum atomic E-state index is 9.56. The van der Waals surface area contributed by atoms with E-state index in [0.717, 1.165) is 22.3 Å². The van der Waals surface area contributed by atoms with Gasteiger partial charge in [0.2, 0.25) is 5.88 Å². The molecule has 0 atom stereocenters. The zero-order chi connectivity index (χ0) is 17.1. The van der Waals surface area contributed by atoms with Gasteiger partial charge in [-0.15, -0.1) is 0 Å². The van der Waals surface area contributed by atoms with Crippen molar-refractivity contribution in [2.45, 2.75) is 6.92 Å². The Morgan fingerprint density at radius 3 is 2.42 bits per heavy atom. The van der Waals surface area contributed by atoms with E-state index in [4.69, 9.17) is 16.3 Å². The maximum absolute atomic E-state index is 9.56. The number of aromatic nitrogens is 1. The summed E-state index contributed by atoms with van der Waals surface area (Å²) in [4.78, 5) is 4.47. The third-order valence-electron chi connectivity index (χ3n) is 3.77. The van der Waals surface area contributed by atoms with Crippen LogP contribution in [0.3, 0.4) is 0 Å². The molecule has 0 bridgehead atoms. The highest BCUT2D eigenvalue weighted by Gasteiger charge is 2.16. The Balaban J connectivity index is 2.25. The molecule has 0 saturated carbocycles. The second-order valence-electron chi connectivity index (χ2n) is 5.43. The highest BCUT2D eigenvalue weighted by molar-refractivity contribution is 6.30. The Kier molecular flexibility index (Phi) is 4.50. The summed E-state index contributed by atoms with van der Waals surface area (Å²) < 4.78 is 5.35. The van der Waals surface area contributed by atoms with Crippen LogP contribution >= 0.6 is 11.6 Å². The summed E-state index contributed by atoms with van der Waals surface area (Å²) in [6.45, 7) is 2.03. The predicted molar refractivity (Wildman–Crippen MR) is 96.1 cm³/mol.